The third kappa shape index (κ3) is 5.01. The minimum absolute atomic E-state index is 0.807. The number of aryl methyl sites for hydroxylation is 2. The third-order valence-corrected chi connectivity index (χ3v) is 4.63. The van der Waals surface area contributed by atoms with Crippen molar-refractivity contribution in [2.24, 2.45) is 0 Å². The van der Waals surface area contributed by atoms with Gasteiger partial charge in [0.15, 0.2) is 0 Å². The highest BCUT2D eigenvalue weighted by molar-refractivity contribution is 5.68. The molecule has 0 saturated carbocycles. The Morgan fingerprint density at radius 2 is 1.07 bits per heavy atom. The monoisotopic (exact) mass is 366 g/mol. The molecule has 0 spiro atoms. The van der Waals surface area contributed by atoms with E-state index < -0.39 is 0 Å². The van der Waals surface area contributed by atoms with Gasteiger partial charge >= 0.3 is 0 Å². The predicted molar refractivity (Wildman–Crippen MR) is 122 cm³/mol. The molecule has 0 atom stereocenters. The quantitative estimate of drug-likeness (QED) is 0.398. The van der Waals surface area contributed by atoms with E-state index in [0.717, 1.165) is 11.4 Å². The fourth-order valence-corrected chi connectivity index (χ4v) is 3.06. The Morgan fingerprint density at radius 1 is 0.500 bits per heavy atom. The van der Waals surface area contributed by atoms with E-state index >= 15 is 0 Å². The van der Waals surface area contributed by atoms with Crippen LogP contribution in [-0.4, -0.2) is 0 Å². The van der Waals surface area contributed by atoms with Crippen LogP contribution >= 0.6 is 0 Å². The van der Waals surface area contributed by atoms with Gasteiger partial charge in [0.1, 0.15) is 0 Å². The van der Waals surface area contributed by atoms with Gasteiger partial charge in [-0.05, 0) is 65.9 Å². The molecule has 0 radical (unpaired) electrons. The number of hydrogen-bond acceptors (Lipinski definition) is 2. The lowest BCUT2D eigenvalue weighted by atomic mass is 10.0. The molecular formula is C26H26N2. The van der Waals surface area contributed by atoms with Gasteiger partial charge in [-0.25, -0.2) is 0 Å². The van der Waals surface area contributed by atoms with Crippen molar-refractivity contribution in [1.29, 1.82) is 0 Å². The standard InChI is InChI=1S/2C13H13N/c1-10-3-2-4-12(9-10)11-5-7-13(14)8-6-11;1-10-4-2-3-5-13(10)11-6-8-12(14)9-7-11/h2*2-9H,14H2,1H3. The van der Waals surface area contributed by atoms with Crippen molar-refractivity contribution in [1.82, 2.24) is 0 Å². The molecule has 0 unspecified atom stereocenters. The van der Waals surface area contributed by atoms with Crippen LogP contribution in [0.5, 0.6) is 0 Å². The summed E-state index contributed by atoms with van der Waals surface area (Å²) in [5, 5.41) is 0. The van der Waals surface area contributed by atoms with Crippen LogP contribution in [0, 0.1) is 13.8 Å². The van der Waals surface area contributed by atoms with Gasteiger partial charge in [0.05, 0.1) is 0 Å². The van der Waals surface area contributed by atoms with Crippen LogP contribution in [-0.2, 0) is 0 Å². The maximum absolute atomic E-state index is 5.64. The molecule has 4 N–H and O–H groups in total. The average molecular weight is 367 g/mol. The van der Waals surface area contributed by atoms with E-state index in [1.54, 1.807) is 0 Å². The first-order valence-corrected chi connectivity index (χ1v) is 9.37. The minimum atomic E-state index is 0.807. The van der Waals surface area contributed by atoms with E-state index in [-0.39, 0.29) is 0 Å². The van der Waals surface area contributed by atoms with E-state index in [0.29, 0.717) is 0 Å². The van der Waals surface area contributed by atoms with Crippen LogP contribution < -0.4 is 11.5 Å². The van der Waals surface area contributed by atoms with Crippen LogP contribution in [0.4, 0.5) is 11.4 Å². The topological polar surface area (TPSA) is 52.0 Å². The smallest absolute Gasteiger partial charge is 0.0314 e. The molecule has 140 valence electrons. The van der Waals surface area contributed by atoms with Gasteiger partial charge in [-0.15, -0.1) is 0 Å². The van der Waals surface area contributed by atoms with E-state index in [2.05, 4.69) is 74.5 Å². The Balaban J connectivity index is 0.000000161. The fourth-order valence-electron chi connectivity index (χ4n) is 3.06. The summed E-state index contributed by atoms with van der Waals surface area (Å²) in [5.41, 5.74) is 20.4. The number of nitrogen functional groups attached to an aromatic ring is 2. The summed E-state index contributed by atoms with van der Waals surface area (Å²) in [5.74, 6) is 0. The molecule has 0 saturated heterocycles. The zero-order valence-electron chi connectivity index (χ0n) is 16.4. The van der Waals surface area contributed by atoms with Gasteiger partial charge in [-0.3, -0.25) is 0 Å². The maximum Gasteiger partial charge on any atom is 0.0314 e. The van der Waals surface area contributed by atoms with Crippen molar-refractivity contribution >= 4 is 11.4 Å². The first kappa shape index (κ1) is 19.2. The molecule has 0 heterocycles. The Morgan fingerprint density at radius 3 is 1.64 bits per heavy atom. The van der Waals surface area contributed by atoms with Gasteiger partial charge in [-0.2, -0.15) is 0 Å². The van der Waals surface area contributed by atoms with Crippen molar-refractivity contribution in [2.75, 3.05) is 11.5 Å². The normalized spacial score (nSPS) is 10.1. The maximum atomic E-state index is 5.64. The number of benzene rings is 4. The van der Waals surface area contributed by atoms with Crippen LogP contribution in [0.3, 0.4) is 0 Å². The first-order valence-electron chi connectivity index (χ1n) is 9.37. The molecule has 28 heavy (non-hydrogen) atoms. The number of anilines is 2. The minimum Gasteiger partial charge on any atom is -0.399 e. The predicted octanol–water partition coefficient (Wildman–Crippen LogP) is 6.49. The largest absolute Gasteiger partial charge is 0.399 e. The number of nitrogens with two attached hydrogens (primary N) is 2. The Kier molecular flexibility index (Phi) is 6.13. The zero-order chi connectivity index (χ0) is 19.9. The summed E-state index contributed by atoms with van der Waals surface area (Å²) in [6.45, 7) is 4.21. The summed E-state index contributed by atoms with van der Waals surface area (Å²) >= 11 is 0. The summed E-state index contributed by atoms with van der Waals surface area (Å²) in [7, 11) is 0. The molecule has 4 aromatic carbocycles. The molecule has 0 aliphatic carbocycles. The lowest BCUT2D eigenvalue weighted by molar-refractivity contribution is 1.46. The Labute approximate surface area is 167 Å². The number of rotatable bonds is 2. The molecule has 0 aliphatic rings. The molecule has 0 fully saturated rings. The highest BCUT2D eigenvalue weighted by Gasteiger charge is 1.99. The van der Waals surface area contributed by atoms with Crippen molar-refractivity contribution in [2.45, 2.75) is 13.8 Å². The Bertz CT molecular complexity index is 1030. The molecule has 0 amide bonds. The van der Waals surface area contributed by atoms with E-state index in [1.807, 2.05) is 36.4 Å². The second-order valence-corrected chi connectivity index (χ2v) is 6.93. The molecule has 0 bridgehead atoms. The SMILES string of the molecule is Cc1cccc(-c2ccc(N)cc2)c1.Cc1ccccc1-c1ccc(N)cc1. The van der Waals surface area contributed by atoms with Gasteiger partial charge in [-0.1, -0.05) is 78.4 Å². The highest BCUT2D eigenvalue weighted by Crippen LogP contribution is 2.23. The second kappa shape index (κ2) is 8.92. The molecule has 0 aliphatic heterocycles. The zero-order valence-corrected chi connectivity index (χ0v) is 16.4. The molecule has 2 nitrogen and oxygen atoms in total. The van der Waals surface area contributed by atoms with Crippen LogP contribution in [0.25, 0.3) is 22.3 Å². The molecule has 4 aromatic rings. The lowest BCUT2D eigenvalue weighted by Gasteiger charge is -2.05. The second-order valence-electron chi connectivity index (χ2n) is 6.93. The van der Waals surface area contributed by atoms with Crippen molar-refractivity contribution in [3.63, 3.8) is 0 Å². The number of hydrogen-bond donors (Lipinski definition) is 2. The van der Waals surface area contributed by atoms with Crippen LogP contribution in [0.2, 0.25) is 0 Å². The Hall–Kier alpha value is -3.52. The van der Waals surface area contributed by atoms with Gasteiger partial charge in [0, 0.05) is 11.4 Å². The van der Waals surface area contributed by atoms with Crippen LogP contribution in [0.15, 0.2) is 97.1 Å². The van der Waals surface area contributed by atoms with E-state index in [1.165, 1.54) is 33.4 Å². The van der Waals surface area contributed by atoms with E-state index in [9.17, 15) is 0 Å². The molecule has 0 aromatic heterocycles. The molecule has 2 heteroatoms. The summed E-state index contributed by atoms with van der Waals surface area (Å²) < 4.78 is 0. The summed E-state index contributed by atoms with van der Waals surface area (Å²) in [6, 6.07) is 32.7. The molecular weight excluding hydrogens is 340 g/mol. The van der Waals surface area contributed by atoms with Crippen molar-refractivity contribution in [3.05, 3.63) is 108 Å². The highest BCUT2D eigenvalue weighted by atomic mass is 14.5. The van der Waals surface area contributed by atoms with Crippen molar-refractivity contribution in [3.8, 4) is 22.3 Å². The van der Waals surface area contributed by atoms with Gasteiger partial charge < -0.3 is 11.5 Å². The average Bonchev–Trinajstić information content (AvgIpc) is 2.70. The van der Waals surface area contributed by atoms with Crippen LogP contribution in [0.1, 0.15) is 11.1 Å². The molecule has 4 rings (SSSR count). The summed E-state index contributed by atoms with van der Waals surface area (Å²) in [6.07, 6.45) is 0. The first-order chi connectivity index (χ1) is 13.5. The fraction of sp³-hybridized carbons (Fsp3) is 0.0769. The summed E-state index contributed by atoms with van der Waals surface area (Å²) in [4.78, 5) is 0. The lowest BCUT2D eigenvalue weighted by Crippen LogP contribution is -1.85. The van der Waals surface area contributed by atoms with Crippen molar-refractivity contribution < 1.29 is 0 Å². The van der Waals surface area contributed by atoms with Gasteiger partial charge in [0.2, 0.25) is 0 Å². The van der Waals surface area contributed by atoms with E-state index in [4.69, 9.17) is 11.5 Å². The van der Waals surface area contributed by atoms with Gasteiger partial charge in [0.25, 0.3) is 0 Å². The third-order valence-electron chi connectivity index (χ3n) is 4.63.